The van der Waals surface area contributed by atoms with E-state index in [1.807, 2.05) is 0 Å². The van der Waals surface area contributed by atoms with E-state index >= 15 is 0 Å². The second kappa shape index (κ2) is 8.52. The van der Waals surface area contributed by atoms with Crippen LogP contribution in [-0.2, 0) is 24.0 Å². The Kier molecular flexibility index (Phi) is 6.34. The Hall–Kier alpha value is -1.41. The number of ether oxygens (including phenoxy) is 1. The van der Waals surface area contributed by atoms with E-state index in [0.29, 0.717) is 25.2 Å². The highest BCUT2D eigenvalue weighted by atomic mass is 16.6. The summed E-state index contributed by atoms with van der Waals surface area (Å²) in [5.74, 6) is 0.426. The molecule has 2 fully saturated rings. The Labute approximate surface area is 156 Å². The molecule has 1 saturated heterocycles. The number of hydrogen-bond donors (Lipinski definition) is 2. The molecule has 1 aliphatic carbocycles. The average molecular weight is 357 g/mol. The van der Waals surface area contributed by atoms with Gasteiger partial charge >= 0.3 is 0 Å². The third-order valence-corrected chi connectivity index (χ3v) is 6.28. The molecule has 0 amide bonds. The van der Waals surface area contributed by atoms with Crippen LogP contribution < -0.4 is 0 Å². The van der Waals surface area contributed by atoms with Crippen molar-refractivity contribution in [3.05, 3.63) is 34.9 Å². The van der Waals surface area contributed by atoms with Crippen molar-refractivity contribution in [1.29, 1.82) is 5.26 Å². The smallest absolute Gasteiger partial charge is 0.157 e. The van der Waals surface area contributed by atoms with Gasteiger partial charge in [-0.05, 0) is 54.7 Å². The molecule has 142 valence electrons. The molecular weight excluding hydrogens is 326 g/mol. The minimum atomic E-state index is -0.858. The lowest BCUT2D eigenvalue weighted by molar-refractivity contribution is -0.256. The fourth-order valence-corrected chi connectivity index (χ4v) is 4.94. The topological polar surface area (TPSA) is 73.5 Å². The van der Waals surface area contributed by atoms with E-state index < -0.39 is 18.0 Å². The first-order chi connectivity index (χ1) is 12.6. The summed E-state index contributed by atoms with van der Waals surface area (Å²) in [6.45, 7) is 2.12. The molecule has 0 bridgehead atoms. The molecule has 1 aromatic rings. The van der Waals surface area contributed by atoms with Crippen molar-refractivity contribution in [1.82, 2.24) is 0 Å². The normalized spacial score (nSPS) is 29.6. The number of hydrogen-bond acceptors (Lipinski definition) is 4. The summed E-state index contributed by atoms with van der Waals surface area (Å²) in [4.78, 5) is 0. The Morgan fingerprint density at radius 3 is 2.65 bits per heavy atom. The molecule has 4 nitrogen and oxygen atoms in total. The third-order valence-electron chi connectivity index (χ3n) is 6.28. The van der Waals surface area contributed by atoms with Gasteiger partial charge in [-0.25, -0.2) is 0 Å². The van der Waals surface area contributed by atoms with Crippen LogP contribution in [0.3, 0.4) is 0 Å². The van der Waals surface area contributed by atoms with Crippen LogP contribution in [0.2, 0.25) is 0 Å². The molecule has 3 rings (SSSR count). The highest BCUT2D eigenvalue weighted by Crippen LogP contribution is 2.45. The van der Waals surface area contributed by atoms with Crippen molar-refractivity contribution in [2.45, 2.75) is 89.1 Å². The van der Waals surface area contributed by atoms with Crippen LogP contribution in [0.15, 0.2) is 18.2 Å². The molecule has 0 radical (unpaired) electrons. The van der Waals surface area contributed by atoms with Crippen LogP contribution in [0.5, 0.6) is 0 Å². The molecule has 3 unspecified atom stereocenters. The monoisotopic (exact) mass is 357 g/mol. The van der Waals surface area contributed by atoms with Gasteiger partial charge in [-0.15, -0.1) is 0 Å². The van der Waals surface area contributed by atoms with Crippen LogP contribution in [0.4, 0.5) is 0 Å². The first-order valence-electron chi connectivity index (χ1n) is 10.1. The van der Waals surface area contributed by atoms with Crippen molar-refractivity contribution >= 4 is 0 Å². The molecule has 3 atom stereocenters. The predicted molar refractivity (Wildman–Crippen MR) is 100 cm³/mol. The maximum atomic E-state index is 10.3. The largest absolute Gasteiger partial charge is 0.393 e. The maximum absolute atomic E-state index is 10.3. The molecule has 1 saturated carbocycles. The minimum absolute atomic E-state index is 0.317. The van der Waals surface area contributed by atoms with Gasteiger partial charge in [0.25, 0.3) is 0 Å². The fraction of sp³-hybridized carbons (Fsp3) is 0.682. The van der Waals surface area contributed by atoms with E-state index in [4.69, 9.17) is 10.00 Å². The van der Waals surface area contributed by atoms with E-state index in [-0.39, 0.29) is 0 Å². The molecule has 1 aromatic carbocycles. The lowest BCUT2D eigenvalue weighted by atomic mass is 9.75. The van der Waals surface area contributed by atoms with Crippen molar-refractivity contribution in [2.24, 2.45) is 5.92 Å². The summed E-state index contributed by atoms with van der Waals surface area (Å²) in [6, 6.07) is 8.64. The summed E-state index contributed by atoms with van der Waals surface area (Å²) in [7, 11) is 0. The standard InChI is InChI=1S/C22H31NO3/c1-2-17-13-16(7-8-18(17)10-12-23)9-11-22(19-5-3-4-6-19)15-20(24)14-21(25)26-22/h7-8,13,19-21,24-25H,2-6,9-11,14-15H2,1H3. The van der Waals surface area contributed by atoms with Crippen molar-refractivity contribution < 1.29 is 14.9 Å². The van der Waals surface area contributed by atoms with Gasteiger partial charge in [0.05, 0.1) is 24.2 Å². The Morgan fingerprint density at radius 1 is 1.23 bits per heavy atom. The molecule has 2 N–H and O–H groups in total. The van der Waals surface area contributed by atoms with Crippen molar-refractivity contribution in [2.75, 3.05) is 0 Å². The number of aryl methyl sites for hydroxylation is 2. The number of nitriles is 1. The Bertz CT molecular complexity index is 635. The molecule has 0 spiro atoms. The lowest BCUT2D eigenvalue weighted by Gasteiger charge is -2.46. The summed E-state index contributed by atoms with van der Waals surface area (Å²) >= 11 is 0. The molecule has 1 aliphatic heterocycles. The van der Waals surface area contributed by atoms with Crippen LogP contribution in [0.1, 0.15) is 68.6 Å². The van der Waals surface area contributed by atoms with Gasteiger partial charge in [-0.2, -0.15) is 5.26 Å². The maximum Gasteiger partial charge on any atom is 0.157 e. The number of nitrogens with zero attached hydrogens (tertiary/aromatic N) is 1. The number of aliphatic hydroxyl groups is 2. The number of aliphatic hydroxyl groups excluding tert-OH is 2. The van der Waals surface area contributed by atoms with Gasteiger partial charge in [-0.1, -0.05) is 38.0 Å². The second-order valence-electron chi connectivity index (χ2n) is 8.00. The van der Waals surface area contributed by atoms with Gasteiger partial charge < -0.3 is 14.9 Å². The van der Waals surface area contributed by atoms with E-state index in [1.165, 1.54) is 24.0 Å². The zero-order valence-corrected chi connectivity index (χ0v) is 15.8. The molecule has 2 aliphatic rings. The molecule has 26 heavy (non-hydrogen) atoms. The Balaban J connectivity index is 1.77. The summed E-state index contributed by atoms with van der Waals surface area (Å²) in [6.07, 6.45) is 7.36. The fourth-order valence-electron chi connectivity index (χ4n) is 4.94. The highest BCUT2D eigenvalue weighted by molar-refractivity contribution is 5.34. The van der Waals surface area contributed by atoms with Crippen LogP contribution in [0, 0.1) is 17.2 Å². The van der Waals surface area contributed by atoms with Gasteiger partial charge in [-0.3, -0.25) is 0 Å². The van der Waals surface area contributed by atoms with Gasteiger partial charge in [0, 0.05) is 12.8 Å². The molecular formula is C22H31NO3. The van der Waals surface area contributed by atoms with E-state index in [2.05, 4.69) is 31.2 Å². The third kappa shape index (κ3) is 4.28. The Morgan fingerprint density at radius 2 is 2.00 bits per heavy atom. The highest BCUT2D eigenvalue weighted by Gasteiger charge is 2.46. The SMILES string of the molecule is CCc1cc(CCC2(C3CCCC3)CC(O)CC(O)O2)ccc1CC#N. The number of rotatable bonds is 6. The van der Waals surface area contributed by atoms with Crippen LogP contribution in [-0.4, -0.2) is 28.2 Å². The number of benzene rings is 1. The quantitative estimate of drug-likeness (QED) is 0.815. The van der Waals surface area contributed by atoms with Crippen LogP contribution in [0.25, 0.3) is 0 Å². The van der Waals surface area contributed by atoms with E-state index in [0.717, 1.165) is 37.7 Å². The molecule has 1 heterocycles. The average Bonchev–Trinajstić information content (AvgIpc) is 3.15. The lowest BCUT2D eigenvalue weighted by Crippen LogP contribution is -2.50. The first kappa shape index (κ1) is 19.4. The van der Waals surface area contributed by atoms with Gasteiger partial charge in [0.15, 0.2) is 6.29 Å². The molecule has 0 aromatic heterocycles. The predicted octanol–water partition coefficient (Wildman–Crippen LogP) is 3.67. The van der Waals surface area contributed by atoms with E-state index in [9.17, 15) is 10.2 Å². The minimum Gasteiger partial charge on any atom is -0.393 e. The molecule has 4 heteroatoms. The summed E-state index contributed by atoms with van der Waals surface area (Å²) in [5, 5.41) is 29.4. The summed E-state index contributed by atoms with van der Waals surface area (Å²) in [5.41, 5.74) is 3.19. The van der Waals surface area contributed by atoms with Crippen molar-refractivity contribution in [3.63, 3.8) is 0 Å². The van der Waals surface area contributed by atoms with E-state index in [1.54, 1.807) is 0 Å². The first-order valence-corrected chi connectivity index (χ1v) is 10.1. The zero-order chi connectivity index (χ0) is 18.6. The van der Waals surface area contributed by atoms with Crippen LogP contribution >= 0.6 is 0 Å². The second-order valence-corrected chi connectivity index (χ2v) is 8.00. The van der Waals surface area contributed by atoms with Gasteiger partial charge in [0.1, 0.15) is 0 Å². The zero-order valence-electron chi connectivity index (χ0n) is 15.8. The van der Waals surface area contributed by atoms with Gasteiger partial charge in [0.2, 0.25) is 0 Å². The van der Waals surface area contributed by atoms with Crippen molar-refractivity contribution in [3.8, 4) is 6.07 Å². The summed E-state index contributed by atoms with van der Waals surface area (Å²) < 4.78 is 6.12.